The fraction of sp³-hybridized carbons (Fsp3) is 0.591. The Morgan fingerprint density at radius 1 is 0.562 bits per heavy atom. The van der Waals surface area contributed by atoms with Crippen LogP contribution in [0.3, 0.4) is 0 Å². The van der Waals surface area contributed by atoms with Crippen LogP contribution in [-0.4, -0.2) is 9.79 Å². The van der Waals surface area contributed by atoms with E-state index in [9.17, 15) is 9.79 Å². The first-order valence-corrected chi connectivity index (χ1v) is 19.5. The van der Waals surface area contributed by atoms with Crippen molar-refractivity contribution in [3.8, 4) is 28.0 Å². The van der Waals surface area contributed by atoms with Crippen LogP contribution in [0.2, 0.25) is 0 Å². The number of hydrogen-bond donors (Lipinski definition) is 2. The molecule has 2 N–H and O–H groups in total. The second kappa shape index (κ2) is 15.4. The van der Waals surface area contributed by atoms with E-state index in [1.165, 1.54) is 81.3 Å². The van der Waals surface area contributed by atoms with Gasteiger partial charge >= 0.3 is 8.60 Å². The number of hydrogen-bond acceptors (Lipinski definition) is 3. The summed E-state index contributed by atoms with van der Waals surface area (Å²) < 4.78 is 5.90. The van der Waals surface area contributed by atoms with Gasteiger partial charge in [0.2, 0.25) is 0 Å². The molecule has 48 heavy (non-hydrogen) atoms. The van der Waals surface area contributed by atoms with Crippen molar-refractivity contribution < 1.29 is 14.3 Å². The Balaban J connectivity index is 2.59. The van der Waals surface area contributed by atoms with Crippen LogP contribution in [-0.2, 0) is 28.1 Å². The summed E-state index contributed by atoms with van der Waals surface area (Å²) in [5, 5.41) is 0. The van der Waals surface area contributed by atoms with Gasteiger partial charge in [-0.2, -0.15) is 0 Å². The van der Waals surface area contributed by atoms with E-state index in [1.807, 2.05) is 6.07 Å². The Morgan fingerprint density at radius 3 is 1.48 bits per heavy atom. The SMILES string of the molecule is CCCCCCCCc1c(OP(O)O)ccc(-c2c(C)cc(C(C)(C)C)cc2C(C)(C)C)c1-c1c(C)cc(C(C)(C)C)cc1C(C)(C)C. The molecule has 0 fully saturated rings. The number of benzene rings is 3. The molecule has 3 aromatic rings. The lowest BCUT2D eigenvalue weighted by molar-refractivity contribution is 0.373. The molecule has 0 aliphatic carbocycles. The lowest BCUT2D eigenvalue weighted by Crippen LogP contribution is -2.20. The van der Waals surface area contributed by atoms with E-state index in [1.54, 1.807) is 0 Å². The predicted octanol–water partition coefficient (Wildman–Crippen LogP) is 13.3. The molecule has 4 heteroatoms. The summed E-state index contributed by atoms with van der Waals surface area (Å²) in [6.07, 6.45) is 7.91. The highest BCUT2D eigenvalue weighted by Crippen LogP contribution is 2.50. The second-order valence-corrected chi connectivity index (χ2v) is 18.9. The second-order valence-electron chi connectivity index (χ2n) is 18.3. The van der Waals surface area contributed by atoms with Crippen LogP contribution in [0.1, 0.15) is 167 Å². The Labute approximate surface area is 295 Å². The maximum Gasteiger partial charge on any atom is 0.391 e. The van der Waals surface area contributed by atoms with Crippen molar-refractivity contribution in [1.29, 1.82) is 0 Å². The van der Waals surface area contributed by atoms with Crippen molar-refractivity contribution >= 4 is 8.60 Å². The van der Waals surface area contributed by atoms with Gasteiger partial charge in [-0.3, -0.25) is 0 Å². The molecule has 0 radical (unpaired) electrons. The number of aryl methyl sites for hydroxylation is 2. The lowest BCUT2D eigenvalue weighted by atomic mass is 9.71. The average Bonchev–Trinajstić information content (AvgIpc) is 2.92. The third-order valence-electron chi connectivity index (χ3n) is 9.77. The summed E-state index contributed by atoms with van der Waals surface area (Å²) in [4.78, 5) is 20.4. The molecule has 0 saturated carbocycles. The summed E-state index contributed by atoms with van der Waals surface area (Å²) in [6, 6.07) is 13.8. The molecule has 0 aliphatic heterocycles. The van der Waals surface area contributed by atoms with E-state index in [0.717, 1.165) is 24.8 Å². The first-order valence-electron chi connectivity index (χ1n) is 18.3. The van der Waals surface area contributed by atoms with Gasteiger partial charge in [-0.05, 0) is 110 Å². The normalized spacial score (nSPS) is 13.0. The van der Waals surface area contributed by atoms with Crippen LogP contribution in [0.15, 0.2) is 36.4 Å². The molecule has 0 heterocycles. The van der Waals surface area contributed by atoms with Gasteiger partial charge in [-0.15, -0.1) is 0 Å². The first-order chi connectivity index (χ1) is 22.0. The Bertz CT molecular complexity index is 1550. The van der Waals surface area contributed by atoms with Crippen molar-refractivity contribution in [2.45, 2.75) is 170 Å². The molecule has 3 aromatic carbocycles. The summed E-state index contributed by atoms with van der Waals surface area (Å²) in [6.45, 7) is 34.4. The molecule has 0 atom stereocenters. The van der Waals surface area contributed by atoms with Crippen molar-refractivity contribution in [3.05, 3.63) is 75.3 Å². The average molecular weight is 675 g/mol. The highest BCUT2D eigenvalue weighted by molar-refractivity contribution is 7.39. The molecule has 0 saturated heterocycles. The molecule has 266 valence electrons. The minimum absolute atomic E-state index is 0.000783. The molecular weight excluding hydrogens is 607 g/mol. The van der Waals surface area contributed by atoms with E-state index in [0.29, 0.717) is 5.75 Å². The molecular formula is C44H67O3P. The summed E-state index contributed by atoms with van der Waals surface area (Å²) in [5.41, 5.74) is 13.6. The largest absolute Gasteiger partial charge is 0.427 e. The van der Waals surface area contributed by atoms with E-state index in [4.69, 9.17) is 4.52 Å². The zero-order valence-corrected chi connectivity index (χ0v) is 34.1. The molecule has 0 amide bonds. The van der Waals surface area contributed by atoms with E-state index in [-0.39, 0.29) is 21.7 Å². The van der Waals surface area contributed by atoms with Gasteiger partial charge in [-0.25, -0.2) is 0 Å². The van der Waals surface area contributed by atoms with Crippen LogP contribution in [0.4, 0.5) is 0 Å². The minimum atomic E-state index is -2.57. The molecule has 0 aromatic heterocycles. The summed E-state index contributed by atoms with van der Waals surface area (Å²) in [5.74, 6) is 0.582. The fourth-order valence-corrected chi connectivity index (χ4v) is 7.29. The maximum absolute atomic E-state index is 10.2. The van der Waals surface area contributed by atoms with Crippen LogP contribution in [0.5, 0.6) is 5.75 Å². The third-order valence-corrected chi connectivity index (χ3v) is 10.1. The van der Waals surface area contributed by atoms with Gasteiger partial charge in [0.15, 0.2) is 0 Å². The standard InChI is InChI=1S/C44H67O3P/c1-16-17-18-19-20-21-22-33-37(47-48(45)46)24-23-34(38-29(2)25-31(41(4,5)6)27-35(38)43(10,11)12)40(33)39-30(3)26-32(42(7,8)9)28-36(39)44(13,14)15/h23-28,45-46H,16-22H2,1-15H3. The maximum atomic E-state index is 10.2. The van der Waals surface area contributed by atoms with Crippen molar-refractivity contribution in [3.63, 3.8) is 0 Å². The monoisotopic (exact) mass is 674 g/mol. The number of unbranched alkanes of at least 4 members (excludes halogenated alkanes) is 5. The Kier molecular flexibility index (Phi) is 12.9. The minimum Gasteiger partial charge on any atom is -0.427 e. The van der Waals surface area contributed by atoms with Gasteiger partial charge in [-0.1, -0.05) is 152 Å². The van der Waals surface area contributed by atoms with E-state index >= 15 is 0 Å². The summed E-state index contributed by atoms with van der Waals surface area (Å²) >= 11 is 0. The van der Waals surface area contributed by atoms with Gasteiger partial charge in [0, 0.05) is 5.56 Å². The number of rotatable bonds is 11. The van der Waals surface area contributed by atoms with Gasteiger partial charge < -0.3 is 14.3 Å². The van der Waals surface area contributed by atoms with Crippen molar-refractivity contribution in [1.82, 2.24) is 0 Å². The van der Waals surface area contributed by atoms with Gasteiger partial charge in [0.25, 0.3) is 0 Å². The van der Waals surface area contributed by atoms with Crippen molar-refractivity contribution in [2.75, 3.05) is 0 Å². The first kappa shape index (κ1) is 40.2. The quantitative estimate of drug-likeness (QED) is 0.157. The summed E-state index contributed by atoms with van der Waals surface area (Å²) in [7, 11) is -2.57. The lowest BCUT2D eigenvalue weighted by Gasteiger charge is -2.33. The van der Waals surface area contributed by atoms with Crippen LogP contribution in [0.25, 0.3) is 22.3 Å². The van der Waals surface area contributed by atoms with Crippen LogP contribution >= 0.6 is 8.60 Å². The molecule has 3 rings (SSSR count). The van der Waals surface area contributed by atoms with Gasteiger partial charge in [0.1, 0.15) is 5.75 Å². The van der Waals surface area contributed by atoms with E-state index < -0.39 is 8.60 Å². The van der Waals surface area contributed by atoms with Crippen molar-refractivity contribution in [2.24, 2.45) is 0 Å². The highest BCUT2D eigenvalue weighted by atomic mass is 31.2. The molecule has 3 nitrogen and oxygen atoms in total. The topological polar surface area (TPSA) is 49.7 Å². The molecule has 0 spiro atoms. The van der Waals surface area contributed by atoms with Crippen LogP contribution < -0.4 is 4.52 Å². The van der Waals surface area contributed by atoms with E-state index in [2.05, 4.69) is 134 Å². The molecule has 0 unspecified atom stereocenters. The zero-order valence-electron chi connectivity index (χ0n) is 33.2. The smallest absolute Gasteiger partial charge is 0.391 e. The Hall–Kier alpha value is -2.19. The Morgan fingerprint density at radius 2 is 1.02 bits per heavy atom. The predicted molar refractivity (Wildman–Crippen MR) is 211 cm³/mol. The molecule has 0 aliphatic rings. The fourth-order valence-electron chi connectivity index (χ4n) is 6.94. The van der Waals surface area contributed by atoms with Crippen LogP contribution in [0, 0.1) is 13.8 Å². The molecule has 0 bridgehead atoms. The zero-order chi connectivity index (χ0) is 36.4. The highest BCUT2D eigenvalue weighted by Gasteiger charge is 2.32. The van der Waals surface area contributed by atoms with Gasteiger partial charge in [0.05, 0.1) is 0 Å². The third kappa shape index (κ3) is 9.74.